The summed E-state index contributed by atoms with van der Waals surface area (Å²) in [7, 11) is 0. The molecular formula is C16H21NO3S. The normalized spacial score (nSPS) is 29.7. The molecule has 1 aromatic heterocycles. The minimum atomic E-state index is -0.264. The van der Waals surface area contributed by atoms with E-state index in [2.05, 4.69) is 5.32 Å². The van der Waals surface area contributed by atoms with Crippen LogP contribution >= 0.6 is 11.3 Å². The topological polar surface area (TPSA) is 55.4 Å². The highest BCUT2D eigenvalue weighted by molar-refractivity contribution is 7.10. The minimum Gasteiger partial charge on any atom is -0.463 e. The summed E-state index contributed by atoms with van der Waals surface area (Å²) in [5.74, 6) is -0.475. The molecule has 1 amide bonds. The van der Waals surface area contributed by atoms with Crippen molar-refractivity contribution in [2.24, 2.45) is 11.8 Å². The Kier molecular flexibility index (Phi) is 5.56. The summed E-state index contributed by atoms with van der Waals surface area (Å²) in [4.78, 5) is 25.1. The van der Waals surface area contributed by atoms with Gasteiger partial charge in [0.2, 0.25) is 5.91 Å². The molecule has 114 valence electrons. The second-order valence-corrected chi connectivity index (χ2v) is 6.43. The van der Waals surface area contributed by atoms with Crippen LogP contribution in [0, 0.1) is 11.8 Å². The molecule has 0 saturated heterocycles. The summed E-state index contributed by atoms with van der Waals surface area (Å²) in [6.07, 6.45) is 5.26. The van der Waals surface area contributed by atoms with E-state index in [1.54, 1.807) is 11.3 Å². The van der Waals surface area contributed by atoms with Gasteiger partial charge in [0, 0.05) is 10.8 Å². The Balaban J connectivity index is 2.16. The number of hydrogen-bond donors (Lipinski definition) is 1. The largest absolute Gasteiger partial charge is 0.463 e. The number of carbonyl (C=O) groups excluding carboxylic acids is 2. The van der Waals surface area contributed by atoms with E-state index in [9.17, 15) is 9.59 Å². The fraction of sp³-hybridized carbons (Fsp3) is 0.500. The van der Waals surface area contributed by atoms with Gasteiger partial charge in [0.05, 0.1) is 12.0 Å². The number of carbonyl (C=O) groups is 2. The van der Waals surface area contributed by atoms with Gasteiger partial charge in [0.15, 0.2) is 0 Å². The van der Waals surface area contributed by atoms with Crippen LogP contribution in [0.1, 0.15) is 37.6 Å². The molecule has 5 heteroatoms. The van der Waals surface area contributed by atoms with Crippen LogP contribution in [-0.4, -0.2) is 18.5 Å². The van der Waals surface area contributed by atoms with Crippen LogP contribution in [0.25, 0.3) is 0 Å². The number of ether oxygens (including phenoxy) is 1. The Morgan fingerprint density at radius 2 is 1.90 bits per heavy atom. The molecule has 21 heavy (non-hydrogen) atoms. The first-order chi connectivity index (χ1) is 10.1. The minimum absolute atomic E-state index is 0.0114. The molecule has 1 N–H and O–H groups in total. The summed E-state index contributed by atoms with van der Waals surface area (Å²) in [5, 5.41) is 4.94. The third kappa shape index (κ3) is 4.43. The Labute approximate surface area is 129 Å². The van der Waals surface area contributed by atoms with Crippen molar-refractivity contribution in [1.82, 2.24) is 5.32 Å². The summed E-state index contributed by atoms with van der Waals surface area (Å²) < 4.78 is 5.37. The number of cyclic esters (lactones) is 1. The van der Waals surface area contributed by atoms with Crippen molar-refractivity contribution in [2.75, 3.05) is 6.61 Å². The van der Waals surface area contributed by atoms with Crippen molar-refractivity contribution in [2.45, 2.75) is 32.7 Å². The van der Waals surface area contributed by atoms with Gasteiger partial charge in [-0.15, -0.1) is 11.3 Å². The molecule has 0 aromatic carbocycles. The predicted molar refractivity (Wildman–Crippen MR) is 82.9 cm³/mol. The van der Waals surface area contributed by atoms with E-state index in [1.807, 2.05) is 43.5 Å². The summed E-state index contributed by atoms with van der Waals surface area (Å²) in [6.45, 7) is 3.96. The number of rotatable bonds is 1. The molecule has 0 saturated carbocycles. The second-order valence-electron chi connectivity index (χ2n) is 5.45. The van der Waals surface area contributed by atoms with E-state index in [-0.39, 0.29) is 36.4 Å². The van der Waals surface area contributed by atoms with Gasteiger partial charge in [0.25, 0.3) is 0 Å². The van der Waals surface area contributed by atoms with Gasteiger partial charge in [0.1, 0.15) is 6.61 Å². The molecule has 2 rings (SSSR count). The van der Waals surface area contributed by atoms with Gasteiger partial charge in [-0.1, -0.05) is 32.1 Å². The smallest absolute Gasteiger partial charge is 0.309 e. The molecular weight excluding hydrogens is 286 g/mol. The highest BCUT2D eigenvalue weighted by Crippen LogP contribution is 2.21. The fourth-order valence-corrected chi connectivity index (χ4v) is 2.87. The van der Waals surface area contributed by atoms with Crippen LogP contribution in [0.4, 0.5) is 0 Å². The average molecular weight is 307 g/mol. The molecule has 0 unspecified atom stereocenters. The van der Waals surface area contributed by atoms with Crippen molar-refractivity contribution >= 4 is 23.2 Å². The van der Waals surface area contributed by atoms with Gasteiger partial charge in [-0.3, -0.25) is 9.59 Å². The van der Waals surface area contributed by atoms with Crippen molar-refractivity contribution in [3.05, 3.63) is 34.5 Å². The first kappa shape index (κ1) is 15.8. The van der Waals surface area contributed by atoms with Gasteiger partial charge in [-0.2, -0.15) is 0 Å². The first-order valence-electron chi connectivity index (χ1n) is 7.23. The van der Waals surface area contributed by atoms with Gasteiger partial charge >= 0.3 is 5.97 Å². The molecule has 3 atom stereocenters. The van der Waals surface area contributed by atoms with E-state index in [0.717, 1.165) is 4.88 Å². The van der Waals surface area contributed by atoms with Crippen LogP contribution < -0.4 is 5.32 Å². The summed E-state index contributed by atoms with van der Waals surface area (Å²) in [5.41, 5.74) is 0. The van der Waals surface area contributed by atoms with E-state index in [0.29, 0.717) is 12.8 Å². The maximum absolute atomic E-state index is 12.2. The van der Waals surface area contributed by atoms with Crippen molar-refractivity contribution in [1.29, 1.82) is 0 Å². The molecule has 1 aliphatic rings. The maximum atomic E-state index is 12.2. The van der Waals surface area contributed by atoms with Crippen molar-refractivity contribution < 1.29 is 14.3 Å². The van der Waals surface area contributed by atoms with E-state index < -0.39 is 0 Å². The number of allylic oxidation sites excluding steroid dienone is 2. The van der Waals surface area contributed by atoms with Crippen molar-refractivity contribution in [3.63, 3.8) is 0 Å². The summed E-state index contributed by atoms with van der Waals surface area (Å²) >= 11 is 1.55. The van der Waals surface area contributed by atoms with Gasteiger partial charge in [-0.05, 0) is 24.3 Å². The number of hydrogen-bond acceptors (Lipinski definition) is 4. The van der Waals surface area contributed by atoms with Crippen LogP contribution in [0.5, 0.6) is 0 Å². The first-order valence-corrected chi connectivity index (χ1v) is 8.11. The molecule has 0 radical (unpaired) electrons. The zero-order valence-electron chi connectivity index (χ0n) is 12.4. The number of thiophene rings is 1. The Hall–Kier alpha value is -1.62. The fourth-order valence-electron chi connectivity index (χ4n) is 2.11. The van der Waals surface area contributed by atoms with Gasteiger partial charge in [-0.25, -0.2) is 0 Å². The molecule has 1 aromatic rings. The van der Waals surface area contributed by atoms with Crippen LogP contribution in [0.15, 0.2) is 29.7 Å². The Morgan fingerprint density at radius 1 is 1.19 bits per heavy atom. The number of esters is 1. The van der Waals surface area contributed by atoms with Crippen LogP contribution in [0.3, 0.4) is 0 Å². The zero-order chi connectivity index (χ0) is 15.2. The maximum Gasteiger partial charge on any atom is 0.309 e. The monoisotopic (exact) mass is 307 g/mol. The quantitative estimate of drug-likeness (QED) is 0.641. The standard InChI is InChI=1S/C16H21NO3S/c1-11-6-3-4-7-12(2)16(19)20-10-13(17-15(11)18)14-8-5-9-21-14/h3-5,8-9,11-13H,6-7,10H2,1-2H3,(H,17,18)/b4-3-/t11-,12+,13-/m0/s1. The third-order valence-electron chi connectivity index (χ3n) is 3.59. The lowest BCUT2D eigenvalue weighted by molar-refractivity contribution is -0.149. The Bertz CT molecular complexity index is 510. The van der Waals surface area contributed by atoms with E-state index in [1.165, 1.54) is 0 Å². The molecule has 1 aliphatic heterocycles. The molecule has 4 nitrogen and oxygen atoms in total. The SMILES string of the molecule is C[C@@H]1C/C=C\C[C@H](C)C(=O)N[C@H](c2cccs2)COC1=O. The average Bonchev–Trinajstić information content (AvgIpc) is 2.99. The van der Waals surface area contributed by atoms with Crippen LogP contribution in [0.2, 0.25) is 0 Å². The molecule has 0 bridgehead atoms. The number of amides is 1. The second kappa shape index (κ2) is 7.41. The lowest BCUT2D eigenvalue weighted by Crippen LogP contribution is -2.35. The van der Waals surface area contributed by atoms with E-state index >= 15 is 0 Å². The third-order valence-corrected chi connectivity index (χ3v) is 4.58. The van der Waals surface area contributed by atoms with E-state index in [4.69, 9.17) is 4.74 Å². The van der Waals surface area contributed by atoms with Crippen molar-refractivity contribution in [3.8, 4) is 0 Å². The number of nitrogens with one attached hydrogen (secondary N) is 1. The molecule has 2 heterocycles. The van der Waals surface area contributed by atoms with Gasteiger partial charge < -0.3 is 10.1 Å². The lowest BCUT2D eigenvalue weighted by Gasteiger charge is -2.21. The molecule has 0 spiro atoms. The predicted octanol–water partition coefficient (Wildman–Crippen LogP) is 3.07. The highest BCUT2D eigenvalue weighted by Gasteiger charge is 2.22. The summed E-state index contributed by atoms with van der Waals surface area (Å²) in [6, 6.07) is 3.61. The Morgan fingerprint density at radius 3 is 2.57 bits per heavy atom. The molecule has 0 aliphatic carbocycles. The molecule has 0 fully saturated rings. The van der Waals surface area contributed by atoms with Crippen LogP contribution in [-0.2, 0) is 14.3 Å². The lowest BCUT2D eigenvalue weighted by atomic mass is 10.0. The zero-order valence-corrected chi connectivity index (χ0v) is 13.2. The highest BCUT2D eigenvalue weighted by atomic mass is 32.1.